The average Bonchev–Trinajstić information content (AvgIpc) is 2.29. The minimum atomic E-state index is 0.616. The molecular weight excluding hydrogens is 196 g/mol. The molecule has 0 amide bonds. The highest BCUT2D eigenvalue weighted by atomic mass is 15.1. The third kappa shape index (κ3) is 3.86. The van der Waals surface area contributed by atoms with Crippen molar-refractivity contribution in [2.24, 2.45) is 0 Å². The minimum absolute atomic E-state index is 0.616. The summed E-state index contributed by atoms with van der Waals surface area (Å²) in [4.78, 5) is 2.34. The van der Waals surface area contributed by atoms with Crippen molar-refractivity contribution in [1.82, 2.24) is 5.32 Å². The molecule has 90 valence electrons. The van der Waals surface area contributed by atoms with Crippen LogP contribution in [-0.4, -0.2) is 26.7 Å². The van der Waals surface area contributed by atoms with E-state index in [4.69, 9.17) is 0 Å². The van der Waals surface area contributed by atoms with E-state index in [0.717, 1.165) is 6.54 Å². The van der Waals surface area contributed by atoms with Crippen LogP contribution in [0.5, 0.6) is 0 Å². The van der Waals surface area contributed by atoms with Crippen molar-refractivity contribution >= 4 is 5.69 Å². The minimum Gasteiger partial charge on any atom is -0.374 e. The Hall–Kier alpha value is -1.02. The van der Waals surface area contributed by atoms with Gasteiger partial charge in [0.25, 0.3) is 0 Å². The lowest BCUT2D eigenvalue weighted by Gasteiger charge is -2.22. The smallest absolute Gasteiger partial charge is 0.0393 e. The van der Waals surface area contributed by atoms with E-state index in [1.165, 1.54) is 24.1 Å². The number of hydrogen-bond acceptors (Lipinski definition) is 2. The molecule has 2 nitrogen and oxygen atoms in total. The Morgan fingerprint density at radius 3 is 2.62 bits per heavy atom. The number of aryl methyl sites for hydroxylation is 1. The summed E-state index contributed by atoms with van der Waals surface area (Å²) in [5.41, 5.74) is 2.70. The monoisotopic (exact) mass is 220 g/mol. The van der Waals surface area contributed by atoms with E-state index in [9.17, 15) is 0 Å². The molecule has 0 spiro atoms. The second kappa shape index (κ2) is 6.54. The maximum atomic E-state index is 3.27. The summed E-state index contributed by atoms with van der Waals surface area (Å²) in [6, 6.07) is 9.18. The quantitative estimate of drug-likeness (QED) is 0.793. The van der Waals surface area contributed by atoms with Crippen LogP contribution in [0.25, 0.3) is 0 Å². The molecule has 0 aliphatic rings. The van der Waals surface area contributed by atoms with E-state index in [2.05, 4.69) is 55.4 Å². The van der Waals surface area contributed by atoms with Gasteiger partial charge in [0.05, 0.1) is 0 Å². The maximum Gasteiger partial charge on any atom is 0.0393 e. The molecule has 0 fully saturated rings. The van der Waals surface area contributed by atoms with Gasteiger partial charge in [-0.3, -0.25) is 0 Å². The standard InChI is InChI=1S/C14H24N2/c1-12-8-5-6-10-14(12)16(4)11-7-9-13(2)15-3/h5-6,8,10,13,15H,7,9,11H2,1-4H3. The highest BCUT2D eigenvalue weighted by Gasteiger charge is 2.04. The zero-order valence-electron chi connectivity index (χ0n) is 11.0. The van der Waals surface area contributed by atoms with Gasteiger partial charge in [0.1, 0.15) is 0 Å². The number of nitrogens with zero attached hydrogens (tertiary/aromatic N) is 1. The third-order valence-corrected chi connectivity index (χ3v) is 3.15. The number of hydrogen-bond donors (Lipinski definition) is 1. The van der Waals surface area contributed by atoms with Crippen LogP contribution >= 0.6 is 0 Å². The van der Waals surface area contributed by atoms with E-state index >= 15 is 0 Å². The largest absolute Gasteiger partial charge is 0.374 e. The van der Waals surface area contributed by atoms with Crippen LogP contribution in [0, 0.1) is 6.92 Å². The fourth-order valence-electron chi connectivity index (χ4n) is 1.89. The maximum absolute atomic E-state index is 3.27. The number of benzene rings is 1. The van der Waals surface area contributed by atoms with Crippen molar-refractivity contribution < 1.29 is 0 Å². The van der Waals surface area contributed by atoms with Crippen molar-refractivity contribution in [2.45, 2.75) is 32.7 Å². The normalized spacial score (nSPS) is 12.5. The van der Waals surface area contributed by atoms with E-state index in [-0.39, 0.29) is 0 Å². The van der Waals surface area contributed by atoms with Crippen LogP contribution in [0.15, 0.2) is 24.3 Å². The SMILES string of the molecule is CNC(C)CCCN(C)c1ccccc1C. The summed E-state index contributed by atoms with van der Waals surface area (Å²) in [6.07, 6.45) is 2.46. The van der Waals surface area contributed by atoms with Crippen molar-refractivity contribution in [3.05, 3.63) is 29.8 Å². The van der Waals surface area contributed by atoms with Crippen LogP contribution in [0.3, 0.4) is 0 Å². The van der Waals surface area contributed by atoms with Gasteiger partial charge in [-0.05, 0) is 45.4 Å². The first kappa shape index (κ1) is 13.0. The summed E-state index contributed by atoms with van der Waals surface area (Å²) in [6.45, 7) is 5.52. The Labute approximate surface area is 99.7 Å². The number of para-hydroxylation sites is 1. The van der Waals surface area contributed by atoms with Gasteiger partial charge in [-0.1, -0.05) is 18.2 Å². The fourth-order valence-corrected chi connectivity index (χ4v) is 1.89. The molecule has 1 atom stereocenters. The Bertz CT molecular complexity index is 309. The Kier molecular flexibility index (Phi) is 5.33. The number of nitrogens with one attached hydrogen (secondary N) is 1. The van der Waals surface area contributed by atoms with Crippen LogP contribution in [0.1, 0.15) is 25.3 Å². The van der Waals surface area contributed by atoms with E-state index in [0.29, 0.717) is 6.04 Å². The molecular formula is C14H24N2. The van der Waals surface area contributed by atoms with Gasteiger partial charge >= 0.3 is 0 Å². The van der Waals surface area contributed by atoms with Gasteiger partial charge in [0, 0.05) is 25.3 Å². The summed E-state index contributed by atoms with van der Waals surface area (Å²) >= 11 is 0. The van der Waals surface area contributed by atoms with E-state index in [1.54, 1.807) is 0 Å². The number of anilines is 1. The molecule has 0 saturated carbocycles. The molecule has 1 rings (SSSR count). The Morgan fingerprint density at radius 2 is 2.00 bits per heavy atom. The van der Waals surface area contributed by atoms with Gasteiger partial charge in [-0.2, -0.15) is 0 Å². The molecule has 2 heteroatoms. The van der Waals surface area contributed by atoms with Crippen molar-refractivity contribution in [3.8, 4) is 0 Å². The van der Waals surface area contributed by atoms with Gasteiger partial charge in [-0.25, -0.2) is 0 Å². The molecule has 0 heterocycles. The second-order valence-corrected chi connectivity index (χ2v) is 4.54. The predicted octanol–water partition coefficient (Wildman–Crippen LogP) is 2.82. The lowest BCUT2D eigenvalue weighted by atomic mass is 10.1. The first-order chi connectivity index (χ1) is 7.65. The summed E-state index contributed by atoms with van der Waals surface area (Å²) in [5, 5.41) is 3.27. The number of rotatable bonds is 6. The topological polar surface area (TPSA) is 15.3 Å². The molecule has 0 saturated heterocycles. The van der Waals surface area contributed by atoms with Gasteiger partial charge in [-0.15, -0.1) is 0 Å². The van der Waals surface area contributed by atoms with Crippen LogP contribution < -0.4 is 10.2 Å². The van der Waals surface area contributed by atoms with Gasteiger partial charge in [0.2, 0.25) is 0 Å². The molecule has 0 radical (unpaired) electrons. The molecule has 16 heavy (non-hydrogen) atoms. The summed E-state index contributed by atoms with van der Waals surface area (Å²) in [7, 11) is 4.20. The molecule has 1 aromatic carbocycles. The van der Waals surface area contributed by atoms with Crippen LogP contribution in [0.4, 0.5) is 5.69 Å². The second-order valence-electron chi connectivity index (χ2n) is 4.54. The van der Waals surface area contributed by atoms with Crippen molar-refractivity contribution in [2.75, 3.05) is 25.5 Å². The Balaban J connectivity index is 2.41. The molecule has 1 N–H and O–H groups in total. The highest BCUT2D eigenvalue weighted by Crippen LogP contribution is 2.18. The average molecular weight is 220 g/mol. The molecule has 1 aromatic rings. The third-order valence-electron chi connectivity index (χ3n) is 3.15. The molecule has 0 aliphatic heterocycles. The molecule has 0 bridgehead atoms. The lowest BCUT2D eigenvalue weighted by molar-refractivity contribution is 0.542. The molecule has 0 aliphatic carbocycles. The van der Waals surface area contributed by atoms with Crippen molar-refractivity contribution in [3.63, 3.8) is 0 Å². The van der Waals surface area contributed by atoms with Gasteiger partial charge in [0.15, 0.2) is 0 Å². The first-order valence-electron chi connectivity index (χ1n) is 6.09. The summed E-state index contributed by atoms with van der Waals surface area (Å²) < 4.78 is 0. The fraction of sp³-hybridized carbons (Fsp3) is 0.571. The lowest BCUT2D eigenvalue weighted by Crippen LogP contribution is -2.24. The van der Waals surface area contributed by atoms with Crippen LogP contribution in [0.2, 0.25) is 0 Å². The summed E-state index contributed by atoms with van der Waals surface area (Å²) in [5.74, 6) is 0. The zero-order chi connectivity index (χ0) is 12.0. The first-order valence-corrected chi connectivity index (χ1v) is 6.09. The Morgan fingerprint density at radius 1 is 1.31 bits per heavy atom. The molecule has 1 unspecified atom stereocenters. The molecule has 0 aromatic heterocycles. The zero-order valence-corrected chi connectivity index (χ0v) is 11.0. The van der Waals surface area contributed by atoms with E-state index in [1.807, 2.05) is 7.05 Å². The predicted molar refractivity (Wildman–Crippen MR) is 72.2 cm³/mol. The van der Waals surface area contributed by atoms with Crippen molar-refractivity contribution in [1.29, 1.82) is 0 Å². The van der Waals surface area contributed by atoms with Gasteiger partial charge < -0.3 is 10.2 Å². The van der Waals surface area contributed by atoms with Crippen LogP contribution in [-0.2, 0) is 0 Å². The highest BCUT2D eigenvalue weighted by molar-refractivity contribution is 5.52. The van der Waals surface area contributed by atoms with E-state index < -0.39 is 0 Å².